The number of nitriles is 1. The fourth-order valence-electron chi connectivity index (χ4n) is 2.79. The zero-order chi connectivity index (χ0) is 19.0. The number of nitrogens with zero attached hydrogens (tertiary/aromatic N) is 5. The van der Waals surface area contributed by atoms with Gasteiger partial charge in [-0.15, -0.1) is 0 Å². The van der Waals surface area contributed by atoms with Gasteiger partial charge in [0.1, 0.15) is 11.3 Å². The van der Waals surface area contributed by atoms with Crippen molar-refractivity contribution in [3.05, 3.63) is 65.4 Å². The van der Waals surface area contributed by atoms with E-state index in [-0.39, 0.29) is 5.91 Å². The fraction of sp³-hybridized carbons (Fsp3) is 0.105. The third kappa shape index (κ3) is 2.91. The van der Waals surface area contributed by atoms with Gasteiger partial charge in [0.05, 0.1) is 17.8 Å². The summed E-state index contributed by atoms with van der Waals surface area (Å²) < 4.78 is 6.44. The van der Waals surface area contributed by atoms with E-state index in [0.29, 0.717) is 28.4 Å². The Kier molecular flexibility index (Phi) is 3.90. The van der Waals surface area contributed by atoms with Crippen molar-refractivity contribution in [1.82, 2.24) is 19.5 Å². The van der Waals surface area contributed by atoms with Crippen LogP contribution in [0.3, 0.4) is 0 Å². The van der Waals surface area contributed by atoms with Gasteiger partial charge in [-0.3, -0.25) is 9.20 Å². The van der Waals surface area contributed by atoms with E-state index in [1.807, 2.05) is 26.0 Å². The van der Waals surface area contributed by atoms with Crippen LogP contribution in [0.2, 0.25) is 0 Å². The topological polar surface area (TPSA) is 109 Å². The van der Waals surface area contributed by atoms with Crippen molar-refractivity contribution in [2.24, 2.45) is 0 Å². The number of pyridine rings is 1. The molecular formula is C19H14N6O2. The smallest absolute Gasteiger partial charge is 0.274 e. The summed E-state index contributed by atoms with van der Waals surface area (Å²) in [7, 11) is 0. The van der Waals surface area contributed by atoms with Crippen LogP contribution in [0.1, 0.15) is 27.2 Å². The molecule has 0 aliphatic heterocycles. The van der Waals surface area contributed by atoms with Gasteiger partial charge in [-0.2, -0.15) is 10.2 Å². The molecular weight excluding hydrogens is 344 g/mol. The van der Waals surface area contributed by atoms with E-state index in [2.05, 4.69) is 26.5 Å². The number of nitrogens with one attached hydrogen (secondary N) is 1. The number of amides is 1. The summed E-state index contributed by atoms with van der Waals surface area (Å²) in [4.78, 5) is 21.1. The van der Waals surface area contributed by atoms with Gasteiger partial charge in [-0.1, -0.05) is 17.3 Å². The summed E-state index contributed by atoms with van der Waals surface area (Å²) in [5.74, 6) is 0.139. The standard InChI is InChI=1S/C19H14N6O2/c1-11-3-4-13(18-22-10-27-24-18)5-15(11)23-19(26)16-8-21-17-6-14(7-20)12(2)9-25(16)17/h3-6,8-10H,1-2H3,(H,23,26). The third-order valence-electron chi connectivity index (χ3n) is 4.30. The summed E-state index contributed by atoms with van der Waals surface area (Å²) in [6.07, 6.45) is 4.48. The Bertz CT molecular complexity index is 1200. The molecule has 8 nitrogen and oxygen atoms in total. The minimum absolute atomic E-state index is 0.306. The number of aromatic nitrogens is 4. The van der Waals surface area contributed by atoms with Crippen LogP contribution in [0, 0.1) is 25.2 Å². The second-order valence-electron chi connectivity index (χ2n) is 6.09. The molecule has 0 atom stereocenters. The first-order chi connectivity index (χ1) is 13.1. The average Bonchev–Trinajstić information content (AvgIpc) is 3.32. The number of hydrogen-bond acceptors (Lipinski definition) is 6. The van der Waals surface area contributed by atoms with E-state index in [1.54, 1.807) is 22.7 Å². The van der Waals surface area contributed by atoms with Crippen LogP contribution < -0.4 is 5.32 Å². The number of anilines is 1. The molecule has 0 saturated heterocycles. The molecule has 27 heavy (non-hydrogen) atoms. The van der Waals surface area contributed by atoms with E-state index in [1.165, 1.54) is 12.6 Å². The fourth-order valence-corrected chi connectivity index (χ4v) is 2.79. The molecule has 0 fully saturated rings. The van der Waals surface area contributed by atoms with Crippen LogP contribution in [0.15, 0.2) is 47.6 Å². The Balaban J connectivity index is 1.69. The Hall–Kier alpha value is -3.99. The quantitative estimate of drug-likeness (QED) is 0.602. The van der Waals surface area contributed by atoms with Crippen LogP contribution in [0.4, 0.5) is 5.69 Å². The number of hydrogen-bond donors (Lipinski definition) is 1. The number of imidazole rings is 1. The van der Waals surface area contributed by atoms with E-state index in [4.69, 9.17) is 9.78 Å². The zero-order valence-corrected chi connectivity index (χ0v) is 14.6. The van der Waals surface area contributed by atoms with Crippen molar-refractivity contribution in [2.75, 3.05) is 5.32 Å². The number of rotatable bonds is 3. The van der Waals surface area contributed by atoms with E-state index < -0.39 is 0 Å². The molecule has 0 radical (unpaired) electrons. The lowest BCUT2D eigenvalue weighted by atomic mass is 10.1. The molecule has 3 heterocycles. The first-order valence-electron chi connectivity index (χ1n) is 8.13. The summed E-state index contributed by atoms with van der Waals surface area (Å²) >= 11 is 0. The molecule has 132 valence electrons. The second kappa shape index (κ2) is 6.38. The Labute approximate surface area is 154 Å². The summed E-state index contributed by atoms with van der Waals surface area (Å²) in [5, 5.41) is 15.9. The maximum atomic E-state index is 12.8. The number of aryl methyl sites for hydroxylation is 2. The predicted octanol–water partition coefficient (Wildman–Crippen LogP) is 3.13. The largest absolute Gasteiger partial charge is 0.342 e. The lowest BCUT2D eigenvalue weighted by Gasteiger charge is -2.10. The van der Waals surface area contributed by atoms with Gasteiger partial charge in [0, 0.05) is 17.4 Å². The minimum Gasteiger partial charge on any atom is -0.342 e. The maximum Gasteiger partial charge on any atom is 0.274 e. The number of fused-ring (bicyclic) bond motifs is 1. The lowest BCUT2D eigenvalue weighted by molar-refractivity contribution is 0.102. The van der Waals surface area contributed by atoms with Gasteiger partial charge in [-0.25, -0.2) is 4.98 Å². The first-order valence-corrected chi connectivity index (χ1v) is 8.13. The summed E-state index contributed by atoms with van der Waals surface area (Å²) in [6.45, 7) is 3.71. The van der Waals surface area contributed by atoms with Crippen molar-refractivity contribution in [1.29, 1.82) is 5.26 Å². The van der Waals surface area contributed by atoms with Crippen LogP contribution >= 0.6 is 0 Å². The van der Waals surface area contributed by atoms with E-state index >= 15 is 0 Å². The molecule has 0 aliphatic carbocycles. The highest BCUT2D eigenvalue weighted by Gasteiger charge is 2.15. The van der Waals surface area contributed by atoms with E-state index in [0.717, 1.165) is 16.7 Å². The SMILES string of the molecule is Cc1cn2c(C(=O)Nc3cc(-c4ncon4)ccc3C)cnc2cc1C#N. The molecule has 0 unspecified atom stereocenters. The minimum atomic E-state index is -0.306. The van der Waals surface area contributed by atoms with E-state index in [9.17, 15) is 4.79 Å². The van der Waals surface area contributed by atoms with Crippen molar-refractivity contribution in [3.63, 3.8) is 0 Å². The van der Waals surface area contributed by atoms with Gasteiger partial charge < -0.3 is 9.84 Å². The Morgan fingerprint density at radius 1 is 1.22 bits per heavy atom. The molecule has 3 aromatic heterocycles. The highest BCUT2D eigenvalue weighted by Crippen LogP contribution is 2.24. The number of carbonyl (C=O) groups is 1. The molecule has 1 aromatic carbocycles. The average molecular weight is 358 g/mol. The highest BCUT2D eigenvalue weighted by molar-refractivity contribution is 6.04. The molecule has 8 heteroatoms. The van der Waals surface area contributed by atoms with Crippen molar-refractivity contribution in [3.8, 4) is 17.5 Å². The van der Waals surface area contributed by atoms with Crippen molar-refractivity contribution < 1.29 is 9.32 Å². The van der Waals surface area contributed by atoms with Crippen LogP contribution in [0.25, 0.3) is 17.0 Å². The predicted molar refractivity (Wildman–Crippen MR) is 97.1 cm³/mol. The number of carbonyl (C=O) groups excluding carboxylic acids is 1. The van der Waals surface area contributed by atoms with Crippen LogP contribution in [-0.4, -0.2) is 25.4 Å². The molecule has 0 aliphatic rings. The summed E-state index contributed by atoms with van der Waals surface area (Å²) in [6, 6.07) is 9.30. The van der Waals surface area contributed by atoms with Gasteiger partial charge in [0.2, 0.25) is 12.2 Å². The van der Waals surface area contributed by atoms with Gasteiger partial charge in [-0.05, 0) is 37.1 Å². The number of benzene rings is 1. The summed E-state index contributed by atoms with van der Waals surface area (Å²) in [5.41, 5.74) is 4.49. The van der Waals surface area contributed by atoms with Crippen molar-refractivity contribution >= 4 is 17.2 Å². The van der Waals surface area contributed by atoms with Gasteiger partial charge >= 0.3 is 0 Å². The molecule has 1 amide bonds. The normalized spacial score (nSPS) is 10.7. The lowest BCUT2D eigenvalue weighted by Crippen LogP contribution is -2.15. The first kappa shape index (κ1) is 16.5. The third-order valence-corrected chi connectivity index (χ3v) is 4.30. The van der Waals surface area contributed by atoms with Crippen LogP contribution in [-0.2, 0) is 0 Å². The molecule has 0 bridgehead atoms. The molecule has 0 saturated carbocycles. The molecule has 1 N–H and O–H groups in total. The molecule has 4 rings (SSSR count). The maximum absolute atomic E-state index is 12.8. The highest BCUT2D eigenvalue weighted by atomic mass is 16.5. The van der Waals surface area contributed by atoms with Gasteiger partial charge in [0.15, 0.2) is 0 Å². The van der Waals surface area contributed by atoms with Crippen molar-refractivity contribution in [2.45, 2.75) is 13.8 Å². The van der Waals surface area contributed by atoms with Gasteiger partial charge in [0.25, 0.3) is 5.91 Å². The molecule has 0 spiro atoms. The van der Waals surface area contributed by atoms with Crippen LogP contribution in [0.5, 0.6) is 0 Å². The Morgan fingerprint density at radius 3 is 2.81 bits per heavy atom. The monoisotopic (exact) mass is 358 g/mol. The second-order valence-corrected chi connectivity index (χ2v) is 6.09. The zero-order valence-electron chi connectivity index (χ0n) is 14.6. The Morgan fingerprint density at radius 2 is 2.07 bits per heavy atom. The molecule has 4 aromatic rings.